The zero-order valence-corrected chi connectivity index (χ0v) is 17.6. The SMILES string of the molecule is CCn1c(-c2nnc(CNC(=O)C3CCN(C)CC3)s2)cc2c(C)cccc21. The van der Waals surface area contributed by atoms with Crippen LogP contribution in [-0.4, -0.2) is 45.7 Å². The minimum atomic E-state index is 0.120. The molecule has 1 saturated heterocycles. The van der Waals surface area contributed by atoms with Crippen LogP contribution in [0.5, 0.6) is 0 Å². The quantitative estimate of drug-likeness (QED) is 0.716. The summed E-state index contributed by atoms with van der Waals surface area (Å²) in [6, 6.07) is 8.59. The fourth-order valence-electron chi connectivity index (χ4n) is 3.96. The van der Waals surface area contributed by atoms with Crippen LogP contribution in [0.1, 0.15) is 30.3 Å². The molecule has 2 aromatic heterocycles. The summed E-state index contributed by atoms with van der Waals surface area (Å²) in [5.74, 6) is 0.261. The molecule has 148 valence electrons. The Morgan fingerprint density at radius 1 is 1.29 bits per heavy atom. The third-order valence-electron chi connectivity index (χ3n) is 5.67. The van der Waals surface area contributed by atoms with Crippen molar-refractivity contribution in [2.24, 2.45) is 5.92 Å². The van der Waals surface area contributed by atoms with Gasteiger partial charge in [0.2, 0.25) is 5.91 Å². The van der Waals surface area contributed by atoms with Gasteiger partial charge in [0.15, 0.2) is 5.01 Å². The van der Waals surface area contributed by atoms with Crippen LogP contribution in [0.25, 0.3) is 21.6 Å². The Morgan fingerprint density at radius 2 is 2.07 bits per heavy atom. The number of likely N-dealkylation sites (tertiary alicyclic amines) is 1. The maximum Gasteiger partial charge on any atom is 0.223 e. The van der Waals surface area contributed by atoms with Gasteiger partial charge in [-0.1, -0.05) is 23.5 Å². The molecule has 0 saturated carbocycles. The number of rotatable bonds is 5. The topological polar surface area (TPSA) is 63.1 Å². The van der Waals surface area contributed by atoms with E-state index in [1.165, 1.54) is 16.5 Å². The molecule has 0 bridgehead atoms. The molecule has 1 aliphatic rings. The Hall–Kier alpha value is -2.25. The zero-order valence-electron chi connectivity index (χ0n) is 16.7. The first-order valence-electron chi connectivity index (χ1n) is 9.94. The number of piperidine rings is 1. The first-order chi connectivity index (χ1) is 13.6. The third kappa shape index (κ3) is 3.69. The van der Waals surface area contributed by atoms with Crippen LogP contribution in [0, 0.1) is 12.8 Å². The van der Waals surface area contributed by atoms with Crippen molar-refractivity contribution in [3.05, 3.63) is 34.8 Å². The summed E-state index contributed by atoms with van der Waals surface area (Å²) in [4.78, 5) is 14.7. The number of aromatic nitrogens is 3. The van der Waals surface area contributed by atoms with E-state index in [1.807, 2.05) is 0 Å². The van der Waals surface area contributed by atoms with Crippen molar-refractivity contribution < 1.29 is 4.79 Å². The van der Waals surface area contributed by atoms with E-state index in [4.69, 9.17) is 0 Å². The first kappa shape index (κ1) is 19.1. The monoisotopic (exact) mass is 397 g/mol. The van der Waals surface area contributed by atoms with Gasteiger partial charge in [0.1, 0.15) is 5.01 Å². The molecule has 1 amide bonds. The summed E-state index contributed by atoms with van der Waals surface area (Å²) in [5, 5.41) is 14.8. The smallest absolute Gasteiger partial charge is 0.223 e. The lowest BCUT2D eigenvalue weighted by Crippen LogP contribution is -2.38. The van der Waals surface area contributed by atoms with Crippen molar-refractivity contribution in [1.29, 1.82) is 0 Å². The highest BCUT2D eigenvalue weighted by Crippen LogP contribution is 2.31. The van der Waals surface area contributed by atoms with Crippen LogP contribution in [0.4, 0.5) is 0 Å². The summed E-state index contributed by atoms with van der Waals surface area (Å²) >= 11 is 1.56. The average molecular weight is 398 g/mol. The lowest BCUT2D eigenvalue weighted by Gasteiger charge is -2.27. The molecule has 3 heterocycles. The summed E-state index contributed by atoms with van der Waals surface area (Å²) in [7, 11) is 2.11. The van der Waals surface area contributed by atoms with Gasteiger partial charge in [0.25, 0.3) is 0 Å². The van der Waals surface area contributed by atoms with Gasteiger partial charge < -0.3 is 14.8 Å². The average Bonchev–Trinajstić information content (AvgIpc) is 3.31. The number of amides is 1. The standard InChI is InChI=1S/C21H27N5OS/c1-4-26-17-7-5-6-14(2)16(17)12-18(26)21-24-23-19(28-21)13-22-20(27)15-8-10-25(3)11-9-15/h5-7,12,15H,4,8-11,13H2,1-3H3,(H,22,27). The van der Waals surface area contributed by atoms with Crippen molar-refractivity contribution in [3.63, 3.8) is 0 Å². The molecule has 0 aliphatic carbocycles. The Balaban J connectivity index is 1.48. The van der Waals surface area contributed by atoms with Gasteiger partial charge in [-0.2, -0.15) is 0 Å². The lowest BCUT2D eigenvalue weighted by molar-refractivity contribution is -0.126. The number of aryl methyl sites for hydroxylation is 2. The van der Waals surface area contributed by atoms with E-state index in [0.29, 0.717) is 6.54 Å². The first-order valence-corrected chi connectivity index (χ1v) is 10.8. The normalized spacial score (nSPS) is 16.0. The molecule has 4 rings (SSSR count). The van der Waals surface area contributed by atoms with Crippen molar-refractivity contribution in [3.8, 4) is 10.7 Å². The molecule has 1 fully saturated rings. The minimum Gasteiger partial charge on any atom is -0.349 e. The zero-order chi connectivity index (χ0) is 19.7. The summed E-state index contributed by atoms with van der Waals surface area (Å²) in [6.45, 7) is 7.59. The Bertz CT molecular complexity index is 984. The largest absolute Gasteiger partial charge is 0.349 e. The number of nitrogens with zero attached hydrogens (tertiary/aromatic N) is 4. The fraction of sp³-hybridized carbons (Fsp3) is 0.476. The molecule has 0 radical (unpaired) electrons. The minimum absolute atomic E-state index is 0.120. The molecule has 0 unspecified atom stereocenters. The van der Waals surface area contributed by atoms with E-state index >= 15 is 0 Å². The number of benzene rings is 1. The number of nitrogens with one attached hydrogen (secondary N) is 1. The van der Waals surface area contributed by atoms with E-state index in [9.17, 15) is 4.79 Å². The second kappa shape index (κ2) is 8.01. The fourth-order valence-corrected chi connectivity index (χ4v) is 4.76. The number of hydrogen-bond donors (Lipinski definition) is 1. The molecule has 3 aromatic rings. The highest BCUT2D eigenvalue weighted by molar-refractivity contribution is 7.14. The van der Waals surface area contributed by atoms with Crippen LogP contribution in [0.3, 0.4) is 0 Å². The van der Waals surface area contributed by atoms with E-state index in [2.05, 4.69) is 70.1 Å². The molecular weight excluding hydrogens is 370 g/mol. The van der Waals surface area contributed by atoms with Gasteiger partial charge >= 0.3 is 0 Å². The molecular formula is C21H27N5OS. The summed E-state index contributed by atoms with van der Waals surface area (Å²) < 4.78 is 2.28. The van der Waals surface area contributed by atoms with Crippen molar-refractivity contribution in [2.75, 3.05) is 20.1 Å². The highest BCUT2D eigenvalue weighted by Gasteiger charge is 2.23. The number of carbonyl (C=O) groups is 1. The van der Waals surface area contributed by atoms with E-state index in [0.717, 1.165) is 48.2 Å². The molecule has 1 aromatic carbocycles. The summed E-state index contributed by atoms with van der Waals surface area (Å²) in [5.41, 5.74) is 3.59. The van der Waals surface area contributed by atoms with Gasteiger partial charge in [-0.15, -0.1) is 10.2 Å². The van der Waals surface area contributed by atoms with Gasteiger partial charge in [0, 0.05) is 23.4 Å². The molecule has 28 heavy (non-hydrogen) atoms. The number of carbonyl (C=O) groups excluding carboxylic acids is 1. The lowest BCUT2D eigenvalue weighted by atomic mass is 9.96. The third-order valence-corrected chi connectivity index (χ3v) is 6.61. The number of hydrogen-bond acceptors (Lipinski definition) is 5. The Labute approximate surface area is 169 Å². The van der Waals surface area contributed by atoms with Gasteiger partial charge in [0.05, 0.1) is 12.2 Å². The molecule has 7 heteroatoms. The van der Waals surface area contributed by atoms with Crippen molar-refractivity contribution >= 4 is 28.1 Å². The van der Waals surface area contributed by atoms with E-state index in [1.54, 1.807) is 11.3 Å². The molecule has 1 aliphatic heterocycles. The van der Waals surface area contributed by atoms with Crippen LogP contribution < -0.4 is 5.32 Å². The van der Waals surface area contributed by atoms with E-state index in [-0.39, 0.29) is 11.8 Å². The van der Waals surface area contributed by atoms with Crippen LogP contribution in [-0.2, 0) is 17.9 Å². The predicted molar refractivity (Wildman–Crippen MR) is 113 cm³/mol. The molecule has 0 atom stereocenters. The predicted octanol–water partition coefficient (Wildman–Crippen LogP) is 3.45. The molecule has 1 N–H and O–H groups in total. The van der Waals surface area contributed by atoms with Gasteiger partial charge in [-0.05, 0) is 64.5 Å². The molecule has 0 spiro atoms. The second-order valence-corrected chi connectivity index (χ2v) is 8.64. The number of fused-ring (bicyclic) bond motifs is 1. The van der Waals surface area contributed by atoms with Crippen molar-refractivity contribution in [1.82, 2.24) is 25.0 Å². The van der Waals surface area contributed by atoms with Crippen LogP contribution in [0.2, 0.25) is 0 Å². The molecule has 6 nitrogen and oxygen atoms in total. The Kier molecular flexibility index (Phi) is 5.46. The second-order valence-electron chi connectivity index (χ2n) is 7.58. The maximum atomic E-state index is 12.4. The van der Waals surface area contributed by atoms with Crippen molar-refractivity contribution in [2.45, 2.75) is 39.8 Å². The van der Waals surface area contributed by atoms with Crippen LogP contribution in [0.15, 0.2) is 24.3 Å². The van der Waals surface area contributed by atoms with Gasteiger partial charge in [-0.3, -0.25) is 4.79 Å². The highest BCUT2D eigenvalue weighted by atomic mass is 32.1. The van der Waals surface area contributed by atoms with Gasteiger partial charge in [-0.25, -0.2) is 0 Å². The Morgan fingerprint density at radius 3 is 2.82 bits per heavy atom. The van der Waals surface area contributed by atoms with E-state index < -0.39 is 0 Å². The van der Waals surface area contributed by atoms with Crippen LogP contribution >= 0.6 is 11.3 Å². The summed E-state index contributed by atoms with van der Waals surface area (Å²) in [6.07, 6.45) is 1.86. The maximum absolute atomic E-state index is 12.4.